The first kappa shape index (κ1) is 19.4. The van der Waals surface area contributed by atoms with Crippen molar-refractivity contribution >= 4 is 22.6 Å². The fraction of sp³-hybridized carbons (Fsp3) is 0.263. The van der Waals surface area contributed by atoms with Gasteiger partial charge in [-0.2, -0.15) is 13.2 Å². The molecule has 3 rings (SSSR count). The van der Waals surface area contributed by atoms with Gasteiger partial charge in [-0.3, -0.25) is 4.21 Å². The molecule has 4 nitrogen and oxygen atoms in total. The molecule has 1 N–H and O–H groups in total. The van der Waals surface area contributed by atoms with Gasteiger partial charge in [-0.25, -0.2) is 0 Å². The minimum Gasteiger partial charge on any atom is -0.755 e. The molecule has 0 spiro atoms. The highest BCUT2D eigenvalue weighted by Crippen LogP contribution is 2.37. The third-order valence-electron chi connectivity index (χ3n) is 4.49. The number of nitrogens with one attached hydrogen (secondary N) is 1. The van der Waals surface area contributed by atoms with Gasteiger partial charge < -0.3 is 14.2 Å². The zero-order valence-corrected chi connectivity index (χ0v) is 15.1. The molecular weight excluding hydrogens is 377 g/mol. The summed E-state index contributed by atoms with van der Waals surface area (Å²) < 4.78 is 61.6. The van der Waals surface area contributed by atoms with Gasteiger partial charge >= 0.3 is 6.18 Å². The van der Waals surface area contributed by atoms with Crippen molar-refractivity contribution in [1.82, 2.24) is 4.72 Å². The van der Waals surface area contributed by atoms with Crippen LogP contribution in [0, 0.1) is 5.92 Å². The smallest absolute Gasteiger partial charge is 0.416 e. The van der Waals surface area contributed by atoms with E-state index in [0.717, 1.165) is 29.8 Å². The van der Waals surface area contributed by atoms with E-state index in [-0.39, 0.29) is 5.92 Å². The summed E-state index contributed by atoms with van der Waals surface area (Å²) >= 11 is -2.34. The molecule has 27 heavy (non-hydrogen) atoms. The largest absolute Gasteiger partial charge is 0.755 e. The lowest BCUT2D eigenvalue weighted by atomic mass is 9.89. The monoisotopic (exact) mass is 395 g/mol. The minimum absolute atomic E-state index is 0.209. The van der Waals surface area contributed by atoms with E-state index < -0.39 is 23.0 Å². The van der Waals surface area contributed by atoms with Crippen LogP contribution in [0.4, 0.5) is 24.5 Å². The Balaban J connectivity index is 1.82. The average molecular weight is 395 g/mol. The highest BCUT2D eigenvalue weighted by atomic mass is 32.2. The van der Waals surface area contributed by atoms with E-state index in [2.05, 4.69) is 4.72 Å². The van der Waals surface area contributed by atoms with E-state index in [1.807, 2.05) is 29.2 Å². The van der Waals surface area contributed by atoms with Crippen molar-refractivity contribution in [3.63, 3.8) is 0 Å². The fourth-order valence-corrected chi connectivity index (χ4v) is 3.48. The molecule has 0 fully saturated rings. The molecule has 144 valence electrons. The van der Waals surface area contributed by atoms with E-state index in [4.69, 9.17) is 0 Å². The van der Waals surface area contributed by atoms with Gasteiger partial charge in [0, 0.05) is 35.4 Å². The molecule has 2 aromatic carbocycles. The summed E-state index contributed by atoms with van der Waals surface area (Å²) in [4.78, 5) is 2.01. The second-order valence-corrected chi connectivity index (χ2v) is 7.05. The van der Waals surface area contributed by atoms with E-state index in [9.17, 15) is 21.9 Å². The van der Waals surface area contributed by atoms with Gasteiger partial charge in [0.2, 0.25) is 0 Å². The predicted molar refractivity (Wildman–Crippen MR) is 97.9 cm³/mol. The third kappa shape index (κ3) is 4.90. The van der Waals surface area contributed by atoms with Crippen molar-refractivity contribution in [2.45, 2.75) is 19.0 Å². The molecule has 0 saturated carbocycles. The van der Waals surface area contributed by atoms with Crippen molar-refractivity contribution in [1.29, 1.82) is 0 Å². The predicted octanol–water partition coefficient (Wildman–Crippen LogP) is 4.30. The highest BCUT2D eigenvalue weighted by Gasteiger charge is 2.31. The van der Waals surface area contributed by atoms with Crippen LogP contribution in [0.3, 0.4) is 0 Å². The Bertz CT molecular complexity index is 838. The number of hydrogen-bond donors (Lipinski definition) is 1. The molecule has 8 heteroatoms. The first-order valence-corrected chi connectivity index (χ1v) is 9.45. The van der Waals surface area contributed by atoms with E-state index in [0.29, 0.717) is 18.7 Å². The van der Waals surface area contributed by atoms with Gasteiger partial charge in [0.1, 0.15) is 0 Å². The molecule has 1 aliphatic heterocycles. The summed E-state index contributed by atoms with van der Waals surface area (Å²) in [7, 11) is 0. The van der Waals surface area contributed by atoms with Crippen molar-refractivity contribution < 1.29 is 21.9 Å². The lowest BCUT2D eigenvalue weighted by molar-refractivity contribution is -0.137. The SMILES string of the molecule is O=S([O-])NC=CCC1Cc2ccccc2N(c2ccc(C(F)(F)F)cc2)C1. The summed E-state index contributed by atoms with van der Waals surface area (Å²) in [5.41, 5.74) is 2.12. The zero-order valence-electron chi connectivity index (χ0n) is 14.3. The lowest BCUT2D eigenvalue weighted by Crippen LogP contribution is -2.31. The van der Waals surface area contributed by atoms with Crippen LogP contribution < -0.4 is 9.62 Å². The zero-order chi connectivity index (χ0) is 19.4. The Morgan fingerprint density at radius 1 is 1.19 bits per heavy atom. The van der Waals surface area contributed by atoms with Crippen LogP contribution in [0.2, 0.25) is 0 Å². The Hall–Kier alpha value is -2.32. The number of allylic oxidation sites excluding steroid dienone is 1. The molecule has 1 heterocycles. The third-order valence-corrected chi connectivity index (χ3v) is 4.82. The topological polar surface area (TPSA) is 55.4 Å². The Labute approximate surface area is 158 Å². The average Bonchev–Trinajstić information content (AvgIpc) is 2.64. The molecule has 0 amide bonds. The number of fused-ring (bicyclic) bond motifs is 1. The van der Waals surface area contributed by atoms with Crippen LogP contribution in [0.15, 0.2) is 60.8 Å². The van der Waals surface area contributed by atoms with Crippen LogP contribution >= 0.6 is 0 Å². The molecule has 0 aromatic heterocycles. The molecular formula is C19H18F3N2O2S-. The number of hydrogen-bond acceptors (Lipinski definition) is 3. The highest BCUT2D eigenvalue weighted by molar-refractivity contribution is 7.77. The maximum Gasteiger partial charge on any atom is 0.416 e. The molecule has 0 saturated heterocycles. The number of nitrogens with zero attached hydrogens (tertiary/aromatic N) is 1. The molecule has 1 aliphatic rings. The van der Waals surface area contributed by atoms with Crippen molar-refractivity contribution in [2.24, 2.45) is 5.92 Å². The van der Waals surface area contributed by atoms with Crippen LogP contribution in [-0.2, 0) is 23.9 Å². The Morgan fingerprint density at radius 3 is 2.56 bits per heavy atom. The van der Waals surface area contributed by atoms with Crippen LogP contribution in [0.1, 0.15) is 17.5 Å². The molecule has 2 aromatic rings. The Kier molecular flexibility index (Phi) is 5.86. The van der Waals surface area contributed by atoms with Gasteiger partial charge in [-0.15, -0.1) is 0 Å². The normalized spacial score (nSPS) is 18.4. The summed E-state index contributed by atoms with van der Waals surface area (Å²) in [5, 5.41) is 0. The maximum atomic E-state index is 12.8. The number of anilines is 2. The quantitative estimate of drug-likeness (QED) is 0.768. The number of halogens is 3. The number of para-hydroxylation sites is 1. The van der Waals surface area contributed by atoms with Gasteiger partial charge in [0.25, 0.3) is 0 Å². The van der Waals surface area contributed by atoms with Crippen LogP contribution in [0.5, 0.6) is 0 Å². The van der Waals surface area contributed by atoms with Crippen LogP contribution in [0.25, 0.3) is 0 Å². The van der Waals surface area contributed by atoms with Crippen LogP contribution in [-0.4, -0.2) is 15.3 Å². The molecule has 0 aliphatic carbocycles. The second-order valence-electron chi connectivity index (χ2n) is 6.34. The Morgan fingerprint density at radius 2 is 1.89 bits per heavy atom. The maximum absolute atomic E-state index is 12.8. The van der Waals surface area contributed by atoms with Crippen molar-refractivity contribution in [3.05, 3.63) is 71.9 Å². The molecule has 2 unspecified atom stereocenters. The number of rotatable bonds is 5. The molecule has 2 atom stereocenters. The standard InChI is InChI=1S/C19H19F3N2O2S/c20-19(21,22)16-7-9-17(10-8-16)24-13-14(4-3-11-23-27(25)26)12-15-5-1-2-6-18(15)24/h1-3,5-11,14,23H,4,12-13H2,(H,25,26)/p-1. The van der Waals surface area contributed by atoms with Crippen molar-refractivity contribution in [3.8, 4) is 0 Å². The summed E-state index contributed by atoms with van der Waals surface area (Å²) in [6, 6.07) is 13.0. The van der Waals surface area contributed by atoms with E-state index in [1.165, 1.54) is 18.3 Å². The van der Waals surface area contributed by atoms with Gasteiger partial charge in [0.15, 0.2) is 0 Å². The minimum atomic E-state index is -4.36. The van der Waals surface area contributed by atoms with Crippen molar-refractivity contribution in [2.75, 3.05) is 11.4 Å². The van der Waals surface area contributed by atoms with E-state index in [1.54, 1.807) is 6.08 Å². The summed E-state index contributed by atoms with van der Waals surface area (Å²) in [6.45, 7) is 0.632. The number of alkyl halides is 3. The fourth-order valence-electron chi connectivity index (χ4n) is 3.28. The van der Waals surface area contributed by atoms with E-state index >= 15 is 0 Å². The second kappa shape index (κ2) is 8.14. The molecule has 0 bridgehead atoms. The first-order chi connectivity index (χ1) is 12.8. The molecule has 0 radical (unpaired) electrons. The summed E-state index contributed by atoms with van der Waals surface area (Å²) in [6.07, 6.45) is 0.236. The number of benzene rings is 2. The first-order valence-electron chi connectivity index (χ1n) is 8.38. The lowest BCUT2D eigenvalue weighted by Gasteiger charge is -2.36. The summed E-state index contributed by atoms with van der Waals surface area (Å²) in [5.74, 6) is 0.209. The van der Waals surface area contributed by atoms with Gasteiger partial charge in [0.05, 0.1) is 5.56 Å². The van der Waals surface area contributed by atoms with Gasteiger partial charge in [-0.05, 0) is 54.7 Å². The van der Waals surface area contributed by atoms with Gasteiger partial charge in [-0.1, -0.05) is 24.3 Å².